The minimum absolute atomic E-state index is 0.113. The van der Waals surface area contributed by atoms with Crippen molar-refractivity contribution in [3.63, 3.8) is 0 Å². The molecule has 2 N–H and O–H groups in total. The maximum Gasteiger partial charge on any atom is 0.309 e. The van der Waals surface area contributed by atoms with E-state index in [1.54, 1.807) is 6.07 Å². The van der Waals surface area contributed by atoms with Crippen molar-refractivity contribution in [1.29, 1.82) is 0 Å². The van der Waals surface area contributed by atoms with E-state index in [2.05, 4.69) is 9.97 Å². The number of H-pyrrole nitrogens is 1. The first kappa shape index (κ1) is 8.68. The molecule has 0 atom stereocenters. The first-order valence-corrected chi connectivity index (χ1v) is 4.00. The van der Waals surface area contributed by atoms with Crippen LogP contribution in [0.15, 0.2) is 18.3 Å². The first-order valence-electron chi connectivity index (χ1n) is 4.00. The highest BCUT2D eigenvalue weighted by molar-refractivity contribution is 5.79. The average Bonchev–Trinajstić information content (AvgIpc) is 2.44. The van der Waals surface area contributed by atoms with E-state index < -0.39 is 11.8 Å². The molecule has 2 heterocycles. The van der Waals surface area contributed by atoms with Gasteiger partial charge < -0.3 is 10.1 Å². The van der Waals surface area contributed by atoms with E-state index >= 15 is 0 Å². The molecule has 4 nitrogen and oxygen atoms in total. The molecule has 0 unspecified atom stereocenters. The summed E-state index contributed by atoms with van der Waals surface area (Å²) in [6, 6.07) is 2.89. The van der Waals surface area contributed by atoms with E-state index in [0.717, 1.165) is 6.20 Å². The molecule has 0 saturated heterocycles. The molecule has 5 heteroatoms. The second-order valence-electron chi connectivity index (χ2n) is 2.96. The SMILES string of the molecule is O=C(O)Cc1cc2cc(F)cnc2[nH]1. The Hall–Kier alpha value is -1.91. The van der Waals surface area contributed by atoms with E-state index in [9.17, 15) is 9.18 Å². The fourth-order valence-electron chi connectivity index (χ4n) is 1.30. The maximum atomic E-state index is 12.7. The van der Waals surface area contributed by atoms with Crippen molar-refractivity contribution in [3.8, 4) is 0 Å². The van der Waals surface area contributed by atoms with Gasteiger partial charge in [0.15, 0.2) is 0 Å². The number of fused-ring (bicyclic) bond motifs is 1. The molecule has 0 radical (unpaired) electrons. The van der Waals surface area contributed by atoms with Gasteiger partial charge in [-0.15, -0.1) is 0 Å². The summed E-state index contributed by atoms with van der Waals surface area (Å²) in [6.07, 6.45) is 0.974. The van der Waals surface area contributed by atoms with Crippen LogP contribution in [0.25, 0.3) is 11.0 Å². The quantitative estimate of drug-likeness (QED) is 0.757. The van der Waals surface area contributed by atoms with Crippen LogP contribution in [-0.2, 0) is 11.2 Å². The van der Waals surface area contributed by atoms with E-state index in [0.29, 0.717) is 16.7 Å². The number of rotatable bonds is 2. The predicted octanol–water partition coefficient (Wildman–Crippen LogP) is 1.33. The topological polar surface area (TPSA) is 66.0 Å². The lowest BCUT2D eigenvalue weighted by Crippen LogP contribution is -1.99. The van der Waals surface area contributed by atoms with Gasteiger partial charge in [0.05, 0.1) is 12.6 Å². The van der Waals surface area contributed by atoms with Gasteiger partial charge in [-0.25, -0.2) is 9.37 Å². The minimum Gasteiger partial charge on any atom is -0.481 e. The molecule has 2 rings (SSSR count). The van der Waals surface area contributed by atoms with Crippen LogP contribution in [0.2, 0.25) is 0 Å². The lowest BCUT2D eigenvalue weighted by atomic mass is 10.3. The molecule has 0 aliphatic heterocycles. The number of carboxylic acid groups (broad SMARTS) is 1. The van der Waals surface area contributed by atoms with Crippen LogP contribution < -0.4 is 0 Å². The fourth-order valence-corrected chi connectivity index (χ4v) is 1.30. The standard InChI is InChI=1S/C9H7FN2O2/c10-6-1-5-2-7(3-8(13)14)12-9(5)11-4-6/h1-2,4H,3H2,(H,11,12)(H,13,14). The Kier molecular flexibility index (Phi) is 1.92. The zero-order valence-electron chi connectivity index (χ0n) is 7.12. The molecule has 0 aliphatic carbocycles. The molecule has 2 aromatic rings. The Morgan fingerprint density at radius 2 is 2.36 bits per heavy atom. The van der Waals surface area contributed by atoms with Gasteiger partial charge in [-0.2, -0.15) is 0 Å². The lowest BCUT2D eigenvalue weighted by Gasteiger charge is -1.88. The molecule has 14 heavy (non-hydrogen) atoms. The zero-order chi connectivity index (χ0) is 10.1. The van der Waals surface area contributed by atoms with Crippen molar-refractivity contribution in [2.75, 3.05) is 0 Å². The van der Waals surface area contributed by atoms with Gasteiger partial charge in [0.1, 0.15) is 11.5 Å². The molecule has 0 aliphatic rings. The summed E-state index contributed by atoms with van der Waals surface area (Å²) < 4.78 is 12.7. The molecule has 72 valence electrons. The summed E-state index contributed by atoms with van der Waals surface area (Å²) in [4.78, 5) is 17.0. The van der Waals surface area contributed by atoms with Gasteiger partial charge in [-0.3, -0.25) is 4.79 Å². The lowest BCUT2D eigenvalue weighted by molar-refractivity contribution is -0.136. The monoisotopic (exact) mass is 194 g/mol. The third-order valence-corrected chi connectivity index (χ3v) is 1.83. The van der Waals surface area contributed by atoms with Crippen LogP contribution in [0, 0.1) is 5.82 Å². The van der Waals surface area contributed by atoms with Gasteiger partial charge in [-0.1, -0.05) is 0 Å². The molecule has 0 aromatic carbocycles. The third kappa shape index (κ3) is 1.56. The molecular weight excluding hydrogens is 187 g/mol. The van der Waals surface area contributed by atoms with E-state index in [-0.39, 0.29) is 6.42 Å². The summed E-state index contributed by atoms with van der Waals surface area (Å²) in [5.74, 6) is -1.37. The van der Waals surface area contributed by atoms with Crippen molar-refractivity contribution in [2.45, 2.75) is 6.42 Å². The van der Waals surface area contributed by atoms with Crippen LogP contribution in [0.4, 0.5) is 4.39 Å². The number of aliphatic carboxylic acids is 1. The molecule has 0 saturated carbocycles. The number of aromatic nitrogens is 2. The normalized spacial score (nSPS) is 10.6. The highest BCUT2D eigenvalue weighted by Gasteiger charge is 2.06. The van der Waals surface area contributed by atoms with Crippen molar-refractivity contribution in [2.24, 2.45) is 0 Å². The minimum atomic E-state index is -0.933. The largest absolute Gasteiger partial charge is 0.481 e. The van der Waals surface area contributed by atoms with Gasteiger partial charge in [-0.05, 0) is 12.1 Å². The van der Waals surface area contributed by atoms with Gasteiger partial charge in [0.25, 0.3) is 0 Å². The Labute approximate surface area is 78.4 Å². The predicted molar refractivity (Wildman–Crippen MR) is 47.4 cm³/mol. The number of pyridine rings is 1. The maximum absolute atomic E-state index is 12.7. The van der Waals surface area contributed by atoms with Crippen LogP contribution >= 0.6 is 0 Å². The highest BCUT2D eigenvalue weighted by Crippen LogP contribution is 2.14. The van der Waals surface area contributed by atoms with Crippen molar-refractivity contribution < 1.29 is 14.3 Å². The number of hydrogen-bond donors (Lipinski definition) is 2. The second kappa shape index (κ2) is 3.10. The zero-order valence-corrected chi connectivity index (χ0v) is 7.12. The molecule has 0 fully saturated rings. The third-order valence-electron chi connectivity index (χ3n) is 1.83. The number of nitrogens with one attached hydrogen (secondary N) is 1. The summed E-state index contributed by atoms with van der Waals surface area (Å²) in [6.45, 7) is 0. The van der Waals surface area contributed by atoms with E-state index in [1.807, 2.05) is 0 Å². The van der Waals surface area contributed by atoms with E-state index in [1.165, 1.54) is 6.07 Å². The molecular formula is C9H7FN2O2. The highest BCUT2D eigenvalue weighted by atomic mass is 19.1. The molecule has 0 spiro atoms. The second-order valence-corrected chi connectivity index (χ2v) is 2.96. The van der Waals surface area contributed by atoms with Crippen LogP contribution in [0.1, 0.15) is 5.69 Å². The van der Waals surface area contributed by atoms with Crippen molar-refractivity contribution in [3.05, 3.63) is 29.8 Å². The van der Waals surface area contributed by atoms with Gasteiger partial charge >= 0.3 is 5.97 Å². The van der Waals surface area contributed by atoms with Gasteiger partial charge in [0.2, 0.25) is 0 Å². The number of aromatic amines is 1. The molecule has 2 aromatic heterocycles. The number of carbonyl (C=O) groups is 1. The van der Waals surface area contributed by atoms with Crippen molar-refractivity contribution >= 4 is 17.0 Å². The number of carboxylic acids is 1. The molecule has 0 amide bonds. The summed E-state index contributed by atoms with van der Waals surface area (Å²) in [7, 11) is 0. The van der Waals surface area contributed by atoms with Crippen molar-refractivity contribution in [1.82, 2.24) is 9.97 Å². The Morgan fingerprint density at radius 1 is 1.57 bits per heavy atom. The smallest absolute Gasteiger partial charge is 0.309 e. The Bertz CT molecular complexity index is 493. The number of halogens is 1. The fraction of sp³-hybridized carbons (Fsp3) is 0.111. The first-order chi connectivity index (χ1) is 6.65. The van der Waals surface area contributed by atoms with E-state index in [4.69, 9.17) is 5.11 Å². The number of hydrogen-bond acceptors (Lipinski definition) is 2. The average molecular weight is 194 g/mol. The van der Waals surface area contributed by atoms with Crippen LogP contribution in [-0.4, -0.2) is 21.0 Å². The summed E-state index contributed by atoms with van der Waals surface area (Å²) >= 11 is 0. The summed E-state index contributed by atoms with van der Waals surface area (Å²) in [5, 5.41) is 9.12. The Balaban J connectivity index is 2.46. The Morgan fingerprint density at radius 3 is 3.07 bits per heavy atom. The molecule has 0 bridgehead atoms. The van der Waals surface area contributed by atoms with Crippen LogP contribution in [0.3, 0.4) is 0 Å². The summed E-state index contributed by atoms with van der Waals surface area (Å²) in [5.41, 5.74) is 1.02. The van der Waals surface area contributed by atoms with Crippen LogP contribution in [0.5, 0.6) is 0 Å². The number of nitrogens with zero attached hydrogens (tertiary/aromatic N) is 1. The van der Waals surface area contributed by atoms with Gasteiger partial charge in [0, 0.05) is 11.1 Å².